The molecule has 1 unspecified atom stereocenters. The van der Waals surface area contributed by atoms with Crippen LogP contribution < -0.4 is 4.90 Å². The quantitative estimate of drug-likeness (QED) is 0.869. The number of anilines is 1. The molecule has 1 atom stereocenters. The monoisotopic (exact) mass is 239 g/mol. The molecule has 0 fully saturated rings. The van der Waals surface area contributed by atoms with Crippen LogP contribution in [-0.4, -0.2) is 18.3 Å². The first-order chi connectivity index (χ1) is 8.81. The van der Waals surface area contributed by atoms with E-state index in [-0.39, 0.29) is 6.61 Å². The van der Waals surface area contributed by atoms with Gasteiger partial charge in [-0.15, -0.1) is 0 Å². The van der Waals surface area contributed by atoms with Crippen LogP contribution in [0.5, 0.6) is 0 Å². The molecule has 0 saturated carbocycles. The van der Waals surface area contributed by atoms with E-state index in [0.717, 1.165) is 0 Å². The van der Waals surface area contributed by atoms with Crippen molar-refractivity contribution in [3.05, 3.63) is 54.2 Å². The number of hydrogen-bond acceptors (Lipinski definition) is 2. The maximum absolute atomic E-state index is 9.15. The van der Waals surface area contributed by atoms with E-state index in [9.17, 15) is 0 Å². The zero-order valence-electron chi connectivity index (χ0n) is 10.5. The fourth-order valence-electron chi connectivity index (χ4n) is 2.73. The van der Waals surface area contributed by atoms with Crippen LogP contribution in [0.2, 0.25) is 0 Å². The van der Waals surface area contributed by atoms with Gasteiger partial charge in [0.2, 0.25) is 0 Å². The number of aliphatic hydroxyl groups excluding tert-OH is 1. The third kappa shape index (κ3) is 1.70. The Kier molecular flexibility index (Phi) is 2.80. The van der Waals surface area contributed by atoms with Crippen molar-refractivity contribution in [2.75, 3.05) is 18.1 Å². The summed E-state index contributed by atoms with van der Waals surface area (Å²) in [5, 5.41) is 11.7. The smallest absolute Gasteiger partial charge is 0.0610 e. The van der Waals surface area contributed by atoms with Gasteiger partial charge in [0.25, 0.3) is 0 Å². The number of hydrogen-bond donors (Lipinski definition) is 1. The predicted octanol–water partition coefficient (Wildman–Crippen LogP) is 3.27. The second-order valence-corrected chi connectivity index (χ2v) is 4.77. The summed E-state index contributed by atoms with van der Waals surface area (Å²) < 4.78 is 0. The van der Waals surface area contributed by atoms with Gasteiger partial charge in [-0.05, 0) is 22.4 Å². The molecule has 1 heterocycles. The van der Waals surface area contributed by atoms with Crippen LogP contribution in [0.4, 0.5) is 5.69 Å². The molecule has 18 heavy (non-hydrogen) atoms. The van der Waals surface area contributed by atoms with E-state index in [1.165, 1.54) is 22.0 Å². The molecule has 2 aromatic carbocycles. The Labute approximate surface area is 107 Å². The maximum Gasteiger partial charge on any atom is 0.0610 e. The number of fused-ring (bicyclic) bond motifs is 3. The van der Waals surface area contributed by atoms with Crippen molar-refractivity contribution in [1.29, 1.82) is 0 Å². The van der Waals surface area contributed by atoms with E-state index in [4.69, 9.17) is 5.11 Å². The lowest BCUT2D eigenvalue weighted by molar-refractivity contribution is 0.305. The van der Waals surface area contributed by atoms with Crippen molar-refractivity contribution < 1.29 is 5.11 Å². The Morgan fingerprint density at radius 1 is 1.17 bits per heavy atom. The largest absolute Gasteiger partial charge is 0.395 e. The highest BCUT2D eigenvalue weighted by molar-refractivity contribution is 5.92. The molecule has 0 aromatic heterocycles. The van der Waals surface area contributed by atoms with Gasteiger partial charge < -0.3 is 10.0 Å². The molecular weight excluding hydrogens is 222 g/mol. The molecule has 2 aromatic rings. The summed E-state index contributed by atoms with van der Waals surface area (Å²) in [6.45, 7) is 3.04. The lowest BCUT2D eigenvalue weighted by Crippen LogP contribution is -2.24. The highest BCUT2D eigenvalue weighted by atomic mass is 16.3. The van der Waals surface area contributed by atoms with Gasteiger partial charge in [-0.25, -0.2) is 0 Å². The summed E-state index contributed by atoms with van der Waals surface area (Å²) >= 11 is 0. The molecular formula is C16H17NO. The normalized spacial score (nSPS) is 18.1. The predicted molar refractivity (Wildman–Crippen MR) is 75.9 cm³/mol. The first-order valence-corrected chi connectivity index (χ1v) is 6.38. The van der Waals surface area contributed by atoms with E-state index in [1.54, 1.807) is 0 Å². The molecule has 3 rings (SSSR count). The molecule has 0 saturated heterocycles. The minimum Gasteiger partial charge on any atom is -0.395 e. The average Bonchev–Trinajstić information content (AvgIpc) is 2.41. The van der Waals surface area contributed by atoms with Gasteiger partial charge in [-0.2, -0.15) is 0 Å². The fourth-order valence-corrected chi connectivity index (χ4v) is 2.73. The van der Waals surface area contributed by atoms with Gasteiger partial charge >= 0.3 is 0 Å². The van der Waals surface area contributed by atoms with Gasteiger partial charge in [0.1, 0.15) is 0 Å². The highest BCUT2D eigenvalue weighted by Gasteiger charge is 2.19. The summed E-state index contributed by atoms with van der Waals surface area (Å²) in [6.07, 6.45) is 4.28. The van der Waals surface area contributed by atoms with Gasteiger partial charge in [0.05, 0.1) is 6.61 Å². The summed E-state index contributed by atoms with van der Waals surface area (Å²) in [5.41, 5.74) is 2.59. The Morgan fingerprint density at radius 3 is 2.83 bits per heavy atom. The molecule has 0 spiro atoms. The minimum atomic E-state index is 0.172. The highest BCUT2D eigenvalue weighted by Crippen LogP contribution is 2.38. The van der Waals surface area contributed by atoms with E-state index < -0.39 is 0 Å². The van der Waals surface area contributed by atoms with Gasteiger partial charge in [-0.3, -0.25) is 0 Å². The Balaban J connectivity index is 2.23. The number of β-amino-alcohol motifs (C(OH)–C–C–N with tert-alkyl or cyclic N) is 1. The number of aliphatic hydroxyl groups is 1. The van der Waals surface area contributed by atoms with Gasteiger partial charge in [0.15, 0.2) is 0 Å². The summed E-state index contributed by atoms with van der Waals surface area (Å²) in [6, 6.07) is 12.8. The second-order valence-electron chi connectivity index (χ2n) is 4.77. The zero-order chi connectivity index (χ0) is 12.5. The Hall–Kier alpha value is -1.80. The molecule has 0 radical (unpaired) electrons. The van der Waals surface area contributed by atoms with Crippen molar-refractivity contribution in [1.82, 2.24) is 0 Å². The first kappa shape index (κ1) is 11.3. The van der Waals surface area contributed by atoms with E-state index in [0.29, 0.717) is 12.5 Å². The minimum absolute atomic E-state index is 0.172. The zero-order valence-corrected chi connectivity index (χ0v) is 10.5. The molecule has 1 aliphatic heterocycles. The lowest BCUT2D eigenvalue weighted by Gasteiger charge is -2.30. The Bertz CT molecular complexity index is 603. The molecule has 0 amide bonds. The molecule has 2 nitrogen and oxygen atoms in total. The van der Waals surface area contributed by atoms with Crippen molar-refractivity contribution in [2.24, 2.45) is 0 Å². The fraction of sp³-hybridized carbons (Fsp3) is 0.250. The van der Waals surface area contributed by atoms with Crippen LogP contribution in [0.25, 0.3) is 10.8 Å². The molecule has 1 aliphatic rings. The third-order valence-electron chi connectivity index (χ3n) is 3.61. The van der Waals surface area contributed by atoms with Crippen LogP contribution in [0.15, 0.2) is 48.7 Å². The number of allylic oxidation sites excluding steroid dienone is 1. The van der Waals surface area contributed by atoms with Crippen molar-refractivity contribution in [3.8, 4) is 0 Å². The average molecular weight is 239 g/mol. The van der Waals surface area contributed by atoms with Crippen molar-refractivity contribution in [3.63, 3.8) is 0 Å². The molecule has 2 heteroatoms. The molecule has 0 aliphatic carbocycles. The summed E-state index contributed by atoms with van der Waals surface area (Å²) in [7, 11) is 0. The summed E-state index contributed by atoms with van der Waals surface area (Å²) in [5.74, 6) is 0.418. The van der Waals surface area contributed by atoms with Crippen LogP contribution in [0.1, 0.15) is 18.4 Å². The molecule has 1 N–H and O–H groups in total. The molecule has 92 valence electrons. The molecule has 0 bridgehead atoms. The number of benzene rings is 2. The second kappa shape index (κ2) is 4.46. The standard InChI is InChI=1S/C16H17NO/c1-12-8-9-17(10-11-18)15-7-6-13-4-2-3-5-14(13)16(12)15/h2-9,12,18H,10-11H2,1H3. The summed E-state index contributed by atoms with van der Waals surface area (Å²) in [4.78, 5) is 2.13. The van der Waals surface area contributed by atoms with Crippen LogP contribution in [0.3, 0.4) is 0 Å². The Morgan fingerprint density at radius 2 is 2.00 bits per heavy atom. The third-order valence-corrected chi connectivity index (χ3v) is 3.61. The lowest BCUT2D eigenvalue weighted by atomic mass is 9.90. The van der Waals surface area contributed by atoms with E-state index >= 15 is 0 Å². The number of rotatable bonds is 2. The SMILES string of the molecule is CC1C=CN(CCO)c2ccc3ccccc3c21. The first-order valence-electron chi connectivity index (χ1n) is 6.38. The maximum atomic E-state index is 9.15. The number of nitrogens with zero attached hydrogens (tertiary/aromatic N) is 1. The topological polar surface area (TPSA) is 23.5 Å². The van der Waals surface area contributed by atoms with Crippen LogP contribution >= 0.6 is 0 Å². The van der Waals surface area contributed by atoms with Gasteiger partial charge in [-0.1, -0.05) is 43.3 Å². The van der Waals surface area contributed by atoms with E-state index in [1.807, 2.05) is 0 Å². The van der Waals surface area contributed by atoms with Crippen LogP contribution in [-0.2, 0) is 0 Å². The van der Waals surface area contributed by atoms with Crippen molar-refractivity contribution in [2.45, 2.75) is 12.8 Å². The van der Waals surface area contributed by atoms with Gasteiger partial charge in [0, 0.05) is 24.4 Å². The van der Waals surface area contributed by atoms with Crippen molar-refractivity contribution >= 4 is 16.5 Å². The van der Waals surface area contributed by atoms with Crippen LogP contribution in [0, 0.1) is 0 Å². The van der Waals surface area contributed by atoms with E-state index in [2.05, 4.69) is 60.5 Å².